The van der Waals surface area contributed by atoms with Crippen molar-refractivity contribution in [3.8, 4) is 0 Å². The Bertz CT molecular complexity index is 905. The van der Waals surface area contributed by atoms with Crippen LogP contribution in [-0.4, -0.2) is 23.9 Å². The smallest absolute Gasteiger partial charge is 0.308 e. The molecule has 1 aliphatic rings. The van der Waals surface area contributed by atoms with Crippen LogP contribution >= 0.6 is 0 Å². The van der Waals surface area contributed by atoms with Crippen molar-refractivity contribution in [3.63, 3.8) is 0 Å². The van der Waals surface area contributed by atoms with Crippen LogP contribution in [0, 0.1) is 6.92 Å². The van der Waals surface area contributed by atoms with Crippen LogP contribution in [0.15, 0.2) is 48.5 Å². The molecule has 1 aliphatic heterocycles. The molecule has 2 aromatic rings. The Morgan fingerprint density at radius 3 is 2.52 bits per heavy atom. The van der Waals surface area contributed by atoms with E-state index >= 15 is 0 Å². The summed E-state index contributed by atoms with van der Waals surface area (Å²) in [4.78, 5) is 37.5. The van der Waals surface area contributed by atoms with Gasteiger partial charge >= 0.3 is 5.97 Å². The number of carbonyl (C=O) groups is 3. The van der Waals surface area contributed by atoms with Gasteiger partial charge in [0.2, 0.25) is 11.8 Å². The molecule has 152 valence electrons. The van der Waals surface area contributed by atoms with Gasteiger partial charge in [-0.05, 0) is 38.0 Å². The summed E-state index contributed by atoms with van der Waals surface area (Å²) in [6, 6.07) is 14.4. The molecule has 0 aromatic heterocycles. The summed E-state index contributed by atoms with van der Waals surface area (Å²) < 4.78 is 5.27. The van der Waals surface area contributed by atoms with Gasteiger partial charge in [-0.2, -0.15) is 0 Å². The third-order valence-corrected chi connectivity index (χ3v) is 4.85. The van der Waals surface area contributed by atoms with Gasteiger partial charge in [-0.1, -0.05) is 48.0 Å². The molecule has 6 heteroatoms. The first kappa shape index (κ1) is 20.6. The first-order valence-electron chi connectivity index (χ1n) is 9.78. The third kappa shape index (κ3) is 5.22. The van der Waals surface area contributed by atoms with Crippen LogP contribution in [0.3, 0.4) is 0 Å². The Labute approximate surface area is 170 Å². The average Bonchev–Trinajstić information content (AvgIpc) is 2.66. The van der Waals surface area contributed by atoms with Gasteiger partial charge in [-0.3, -0.25) is 14.4 Å². The Morgan fingerprint density at radius 1 is 1.14 bits per heavy atom. The maximum atomic E-state index is 13.1. The lowest BCUT2D eigenvalue weighted by Crippen LogP contribution is -2.38. The van der Waals surface area contributed by atoms with Gasteiger partial charge in [0.1, 0.15) is 0 Å². The molecule has 6 nitrogen and oxygen atoms in total. The summed E-state index contributed by atoms with van der Waals surface area (Å²) in [5.74, 6) is -1.47. The molecule has 3 rings (SSSR count). The highest BCUT2D eigenvalue weighted by molar-refractivity contribution is 6.01. The standard InChI is InChI=1S/C23H26N2O4/c1-14(2)29-22(27)13-20(16-10-8-15(3)9-11-16)25-23(28)18-12-21(26)24-19-7-5-4-6-17(18)19/h4-11,14,18,20H,12-13H2,1-3H3,(H,24,26)(H,25,28). The Kier molecular flexibility index (Phi) is 6.32. The second-order valence-corrected chi connectivity index (χ2v) is 7.61. The fraction of sp³-hybridized carbons (Fsp3) is 0.348. The molecule has 1 heterocycles. The number of carbonyl (C=O) groups excluding carboxylic acids is 3. The predicted octanol–water partition coefficient (Wildman–Crippen LogP) is 3.62. The maximum absolute atomic E-state index is 13.1. The molecule has 29 heavy (non-hydrogen) atoms. The zero-order valence-electron chi connectivity index (χ0n) is 16.9. The minimum absolute atomic E-state index is 0.0214. The van der Waals surface area contributed by atoms with Gasteiger partial charge in [-0.15, -0.1) is 0 Å². The van der Waals surface area contributed by atoms with Crippen LogP contribution < -0.4 is 10.6 Å². The molecule has 0 fully saturated rings. The molecule has 0 spiro atoms. The fourth-order valence-electron chi connectivity index (χ4n) is 3.45. The van der Waals surface area contributed by atoms with Crippen molar-refractivity contribution in [3.05, 3.63) is 65.2 Å². The van der Waals surface area contributed by atoms with Gasteiger partial charge < -0.3 is 15.4 Å². The van der Waals surface area contributed by atoms with Crippen LogP contribution in [0.2, 0.25) is 0 Å². The summed E-state index contributed by atoms with van der Waals surface area (Å²) in [7, 11) is 0. The summed E-state index contributed by atoms with van der Waals surface area (Å²) in [5.41, 5.74) is 3.33. The molecule has 2 unspecified atom stereocenters. The zero-order valence-corrected chi connectivity index (χ0v) is 16.9. The zero-order chi connectivity index (χ0) is 21.0. The number of hydrogen-bond acceptors (Lipinski definition) is 4. The number of benzene rings is 2. The fourth-order valence-corrected chi connectivity index (χ4v) is 3.45. The summed E-state index contributed by atoms with van der Waals surface area (Å²) in [6.07, 6.45) is -0.140. The van der Waals surface area contributed by atoms with E-state index in [-0.39, 0.29) is 36.7 Å². The number of nitrogens with one attached hydrogen (secondary N) is 2. The quantitative estimate of drug-likeness (QED) is 0.733. The van der Waals surface area contributed by atoms with Crippen LogP contribution in [0.4, 0.5) is 5.69 Å². The number of esters is 1. The minimum atomic E-state index is -0.603. The predicted molar refractivity (Wildman–Crippen MR) is 110 cm³/mol. The van der Waals surface area contributed by atoms with E-state index in [2.05, 4.69) is 10.6 Å². The largest absolute Gasteiger partial charge is 0.463 e. The van der Waals surface area contributed by atoms with E-state index in [0.29, 0.717) is 5.69 Å². The maximum Gasteiger partial charge on any atom is 0.308 e. The topological polar surface area (TPSA) is 84.5 Å². The van der Waals surface area contributed by atoms with E-state index < -0.39 is 12.0 Å². The van der Waals surface area contributed by atoms with Gasteiger partial charge in [0, 0.05) is 12.1 Å². The summed E-state index contributed by atoms with van der Waals surface area (Å²) in [6.45, 7) is 5.55. The van der Waals surface area contributed by atoms with Gasteiger partial charge in [0.25, 0.3) is 0 Å². The molecular weight excluding hydrogens is 368 g/mol. The molecule has 0 bridgehead atoms. The van der Waals surface area contributed by atoms with Crippen molar-refractivity contribution < 1.29 is 19.1 Å². The molecule has 2 aromatic carbocycles. The van der Waals surface area contributed by atoms with E-state index in [0.717, 1.165) is 16.7 Å². The first-order chi connectivity index (χ1) is 13.8. The molecule has 2 amide bonds. The molecule has 0 radical (unpaired) electrons. The number of amides is 2. The van der Waals surface area contributed by atoms with E-state index in [4.69, 9.17) is 4.74 Å². The van der Waals surface area contributed by atoms with E-state index in [1.54, 1.807) is 19.9 Å². The van der Waals surface area contributed by atoms with Gasteiger partial charge in [-0.25, -0.2) is 0 Å². The summed E-state index contributed by atoms with van der Waals surface area (Å²) in [5, 5.41) is 5.77. The van der Waals surface area contributed by atoms with E-state index in [1.165, 1.54) is 0 Å². The first-order valence-corrected chi connectivity index (χ1v) is 9.78. The van der Waals surface area contributed by atoms with E-state index in [1.807, 2.05) is 49.4 Å². The molecule has 2 N–H and O–H groups in total. The second kappa shape index (κ2) is 8.90. The molecule has 2 atom stereocenters. The average molecular weight is 394 g/mol. The number of fused-ring (bicyclic) bond motifs is 1. The molecule has 0 saturated carbocycles. The molecule has 0 aliphatic carbocycles. The SMILES string of the molecule is Cc1ccc(C(CC(=O)OC(C)C)NC(=O)C2CC(=O)Nc3ccccc32)cc1. The highest BCUT2D eigenvalue weighted by Gasteiger charge is 2.32. The number of hydrogen-bond donors (Lipinski definition) is 2. The number of ether oxygens (including phenoxy) is 1. The summed E-state index contributed by atoms with van der Waals surface area (Å²) >= 11 is 0. The lowest BCUT2D eigenvalue weighted by Gasteiger charge is -2.27. The minimum Gasteiger partial charge on any atom is -0.463 e. The van der Waals surface area contributed by atoms with E-state index in [9.17, 15) is 14.4 Å². The Balaban J connectivity index is 1.83. The van der Waals surface area contributed by atoms with Crippen molar-refractivity contribution in [1.82, 2.24) is 5.32 Å². The monoisotopic (exact) mass is 394 g/mol. The van der Waals surface area contributed by atoms with Gasteiger partial charge in [0.15, 0.2) is 0 Å². The Morgan fingerprint density at radius 2 is 1.83 bits per heavy atom. The number of aryl methyl sites for hydroxylation is 1. The van der Waals surface area contributed by atoms with Crippen molar-refractivity contribution in [2.45, 2.75) is 51.7 Å². The van der Waals surface area contributed by atoms with Crippen LogP contribution in [0.5, 0.6) is 0 Å². The number of rotatable bonds is 6. The van der Waals surface area contributed by atoms with Crippen molar-refractivity contribution >= 4 is 23.5 Å². The van der Waals surface area contributed by atoms with Crippen LogP contribution in [0.1, 0.15) is 55.3 Å². The highest BCUT2D eigenvalue weighted by Crippen LogP contribution is 2.33. The third-order valence-electron chi connectivity index (χ3n) is 4.85. The second-order valence-electron chi connectivity index (χ2n) is 7.61. The van der Waals surface area contributed by atoms with Gasteiger partial charge in [0.05, 0.1) is 24.5 Å². The molecular formula is C23H26N2O4. The van der Waals surface area contributed by atoms with Crippen LogP contribution in [0.25, 0.3) is 0 Å². The van der Waals surface area contributed by atoms with Crippen molar-refractivity contribution in [2.75, 3.05) is 5.32 Å². The Hall–Kier alpha value is -3.15. The van der Waals surface area contributed by atoms with Crippen molar-refractivity contribution in [2.24, 2.45) is 0 Å². The lowest BCUT2D eigenvalue weighted by atomic mass is 9.89. The number of anilines is 1. The van der Waals surface area contributed by atoms with Crippen LogP contribution in [-0.2, 0) is 19.1 Å². The highest BCUT2D eigenvalue weighted by atomic mass is 16.5. The number of para-hydroxylation sites is 1. The molecule has 0 saturated heterocycles. The normalized spacial score (nSPS) is 16.6. The lowest BCUT2D eigenvalue weighted by molar-refractivity contribution is -0.148. The van der Waals surface area contributed by atoms with Crippen molar-refractivity contribution in [1.29, 1.82) is 0 Å².